The van der Waals surface area contributed by atoms with Gasteiger partial charge >= 0.3 is 0 Å². The average molecular weight is 367 g/mol. The molecule has 0 saturated carbocycles. The molecule has 1 amide bonds. The highest BCUT2D eigenvalue weighted by atomic mass is 35.5. The van der Waals surface area contributed by atoms with Crippen LogP contribution in [0, 0.1) is 0 Å². The molecule has 1 aliphatic heterocycles. The van der Waals surface area contributed by atoms with Crippen molar-refractivity contribution in [2.45, 2.75) is 6.42 Å². The molecule has 4 nitrogen and oxygen atoms in total. The van der Waals surface area contributed by atoms with Crippen molar-refractivity contribution in [2.24, 2.45) is 0 Å². The number of benzene rings is 2. The van der Waals surface area contributed by atoms with Gasteiger partial charge < -0.3 is 10.2 Å². The van der Waals surface area contributed by atoms with Crippen LogP contribution < -0.4 is 10.2 Å². The highest BCUT2D eigenvalue weighted by Crippen LogP contribution is 2.33. The maximum absolute atomic E-state index is 13.1. The highest BCUT2D eigenvalue weighted by molar-refractivity contribution is 6.34. The van der Waals surface area contributed by atoms with Gasteiger partial charge in [-0.15, -0.1) is 0 Å². The number of nitrogens with zero attached hydrogens (tertiary/aromatic N) is 1. The van der Waals surface area contributed by atoms with Crippen LogP contribution in [0.3, 0.4) is 0 Å². The maximum atomic E-state index is 13.1. The standard InChI is InChI=1S/C21H19ClN2O2/c1-23-17-6-4-5-15(13-17)14-18-16(10-12-25)9-11-24(21(18)26)20-8-3-2-7-19(20)22/h2-8,10,12-14,23H,9,11H2,1H3/b16-10-,18-14-. The largest absolute Gasteiger partial charge is 0.388 e. The van der Waals surface area contributed by atoms with Gasteiger partial charge in [0.15, 0.2) is 0 Å². The third-order valence-electron chi connectivity index (χ3n) is 4.33. The van der Waals surface area contributed by atoms with E-state index in [9.17, 15) is 9.59 Å². The van der Waals surface area contributed by atoms with E-state index in [0.717, 1.165) is 23.1 Å². The van der Waals surface area contributed by atoms with Gasteiger partial charge in [-0.1, -0.05) is 35.9 Å². The van der Waals surface area contributed by atoms with Gasteiger partial charge in [-0.3, -0.25) is 9.59 Å². The first-order chi connectivity index (χ1) is 12.6. The number of carbonyl (C=O) groups is 2. The van der Waals surface area contributed by atoms with Gasteiger partial charge in [-0.05, 0) is 54.0 Å². The number of aldehydes is 1. The first kappa shape index (κ1) is 18.0. The van der Waals surface area contributed by atoms with E-state index in [1.54, 1.807) is 11.0 Å². The van der Waals surface area contributed by atoms with Crippen molar-refractivity contribution < 1.29 is 9.59 Å². The number of anilines is 2. The van der Waals surface area contributed by atoms with Crippen molar-refractivity contribution in [1.29, 1.82) is 0 Å². The van der Waals surface area contributed by atoms with E-state index in [0.29, 0.717) is 29.2 Å². The van der Waals surface area contributed by atoms with Crippen molar-refractivity contribution in [3.05, 3.63) is 76.3 Å². The van der Waals surface area contributed by atoms with Crippen LogP contribution in [0.25, 0.3) is 6.08 Å². The number of hydrogen-bond acceptors (Lipinski definition) is 3. The second kappa shape index (κ2) is 8.02. The molecule has 132 valence electrons. The number of carbonyl (C=O) groups excluding carboxylic acids is 2. The number of para-hydroxylation sites is 1. The molecule has 2 aromatic carbocycles. The van der Waals surface area contributed by atoms with E-state index in [4.69, 9.17) is 11.6 Å². The topological polar surface area (TPSA) is 49.4 Å². The fourth-order valence-electron chi connectivity index (χ4n) is 3.01. The van der Waals surface area contributed by atoms with Crippen LogP contribution in [0.2, 0.25) is 5.02 Å². The summed E-state index contributed by atoms with van der Waals surface area (Å²) in [7, 11) is 1.84. The highest BCUT2D eigenvalue weighted by Gasteiger charge is 2.29. The lowest BCUT2D eigenvalue weighted by atomic mass is 9.94. The summed E-state index contributed by atoms with van der Waals surface area (Å²) in [5.41, 5.74) is 3.77. The summed E-state index contributed by atoms with van der Waals surface area (Å²) < 4.78 is 0. The molecule has 1 heterocycles. The van der Waals surface area contributed by atoms with Crippen molar-refractivity contribution in [3.63, 3.8) is 0 Å². The Hall–Kier alpha value is -2.85. The smallest absolute Gasteiger partial charge is 0.258 e. The summed E-state index contributed by atoms with van der Waals surface area (Å²) >= 11 is 6.28. The molecule has 26 heavy (non-hydrogen) atoms. The predicted octanol–water partition coefficient (Wildman–Crippen LogP) is 4.33. The van der Waals surface area contributed by atoms with Gasteiger partial charge in [0, 0.05) is 24.9 Å². The number of piperidine rings is 1. The first-order valence-corrected chi connectivity index (χ1v) is 8.72. The minimum atomic E-state index is -0.160. The Labute approximate surface area is 157 Å². The van der Waals surface area contributed by atoms with Crippen LogP contribution in [-0.4, -0.2) is 25.8 Å². The Morgan fingerprint density at radius 3 is 2.69 bits per heavy atom. The number of hydrogen-bond donors (Lipinski definition) is 1. The number of amides is 1. The number of rotatable bonds is 4. The van der Waals surface area contributed by atoms with Gasteiger partial charge in [0.1, 0.15) is 6.29 Å². The van der Waals surface area contributed by atoms with Crippen LogP contribution >= 0.6 is 11.6 Å². The van der Waals surface area contributed by atoms with Gasteiger partial charge in [0.25, 0.3) is 5.91 Å². The van der Waals surface area contributed by atoms with E-state index in [2.05, 4.69) is 5.32 Å². The van der Waals surface area contributed by atoms with Gasteiger partial charge in [0.05, 0.1) is 10.7 Å². The van der Waals surface area contributed by atoms with Crippen LogP contribution in [0.1, 0.15) is 12.0 Å². The molecule has 0 spiro atoms. The maximum Gasteiger partial charge on any atom is 0.258 e. The summed E-state index contributed by atoms with van der Waals surface area (Å²) in [5, 5.41) is 3.61. The molecule has 1 saturated heterocycles. The van der Waals surface area contributed by atoms with E-state index in [1.807, 2.05) is 55.6 Å². The van der Waals surface area contributed by atoms with Crippen LogP contribution in [0.5, 0.6) is 0 Å². The number of allylic oxidation sites excluding steroid dienone is 1. The second-order valence-electron chi connectivity index (χ2n) is 5.92. The Morgan fingerprint density at radius 1 is 1.15 bits per heavy atom. The molecule has 0 unspecified atom stereocenters. The van der Waals surface area contributed by atoms with Crippen molar-refractivity contribution in [1.82, 2.24) is 0 Å². The Kier molecular flexibility index (Phi) is 5.54. The molecular weight excluding hydrogens is 348 g/mol. The molecule has 1 fully saturated rings. The number of halogens is 1. The summed E-state index contributed by atoms with van der Waals surface area (Å²) in [4.78, 5) is 25.8. The normalized spacial score (nSPS) is 17.6. The van der Waals surface area contributed by atoms with Crippen molar-refractivity contribution in [2.75, 3.05) is 23.8 Å². The van der Waals surface area contributed by atoms with Crippen molar-refractivity contribution >= 4 is 41.2 Å². The van der Waals surface area contributed by atoms with Gasteiger partial charge in [0.2, 0.25) is 0 Å². The number of nitrogens with one attached hydrogen (secondary N) is 1. The molecule has 5 heteroatoms. The summed E-state index contributed by atoms with van der Waals surface area (Å²) in [6.45, 7) is 0.482. The Bertz CT molecular complexity index is 902. The predicted molar refractivity (Wildman–Crippen MR) is 107 cm³/mol. The van der Waals surface area contributed by atoms with Crippen LogP contribution in [0.15, 0.2) is 65.8 Å². The van der Waals surface area contributed by atoms with Crippen LogP contribution in [0.4, 0.5) is 11.4 Å². The molecule has 0 radical (unpaired) electrons. The lowest BCUT2D eigenvalue weighted by Crippen LogP contribution is -2.38. The molecule has 0 aliphatic carbocycles. The molecule has 3 rings (SSSR count). The minimum absolute atomic E-state index is 0.160. The quantitative estimate of drug-likeness (QED) is 0.647. The molecule has 0 atom stereocenters. The van der Waals surface area contributed by atoms with Crippen molar-refractivity contribution in [3.8, 4) is 0 Å². The monoisotopic (exact) mass is 366 g/mol. The molecular formula is C21H19ClN2O2. The SMILES string of the molecule is CNc1cccc(/C=C2\C(=O)N(c3ccccc3Cl)CC\C2=C\C=O)c1. The fourth-order valence-corrected chi connectivity index (χ4v) is 3.25. The zero-order chi connectivity index (χ0) is 18.5. The fraction of sp³-hybridized carbons (Fsp3) is 0.143. The zero-order valence-electron chi connectivity index (χ0n) is 14.4. The van der Waals surface area contributed by atoms with E-state index >= 15 is 0 Å². The first-order valence-electron chi connectivity index (χ1n) is 8.34. The lowest BCUT2D eigenvalue weighted by molar-refractivity contribution is -0.115. The van der Waals surface area contributed by atoms with Crippen LogP contribution in [-0.2, 0) is 9.59 Å². The van der Waals surface area contributed by atoms with Gasteiger partial charge in [-0.25, -0.2) is 0 Å². The Morgan fingerprint density at radius 2 is 1.96 bits per heavy atom. The lowest BCUT2D eigenvalue weighted by Gasteiger charge is -2.30. The summed E-state index contributed by atoms with van der Waals surface area (Å²) in [5.74, 6) is -0.160. The third-order valence-corrected chi connectivity index (χ3v) is 4.64. The Balaban J connectivity index is 2.04. The summed E-state index contributed by atoms with van der Waals surface area (Å²) in [6, 6.07) is 15.0. The molecule has 1 aliphatic rings. The molecule has 2 aromatic rings. The minimum Gasteiger partial charge on any atom is -0.388 e. The van der Waals surface area contributed by atoms with E-state index in [-0.39, 0.29) is 5.91 Å². The van der Waals surface area contributed by atoms with Gasteiger partial charge in [-0.2, -0.15) is 0 Å². The van der Waals surface area contributed by atoms with E-state index < -0.39 is 0 Å². The summed E-state index contributed by atoms with van der Waals surface area (Å²) in [6.07, 6.45) is 4.61. The van der Waals surface area contributed by atoms with E-state index in [1.165, 1.54) is 6.08 Å². The molecule has 0 aromatic heterocycles. The second-order valence-corrected chi connectivity index (χ2v) is 6.33. The third kappa shape index (κ3) is 3.70. The molecule has 0 bridgehead atoms. The average Bonchev–Trinajstić information content (AvgIpc) is 2.66. The zero-order valence-corrected chi connectivity index (χ0v) is 15.2. The molecule has 1 N–H and O–H groups in total.